The fourth-order valence-corrected chi connectivity index (χ4v) is 3.37. The van der Waals surface area contributed by atoms with Gasteiger partial charge in [-0.15, -0.1) is 0 Å². The fraction of sp³-hybridized carbons (Fsp3) is 0.0588. The summed E-state index contributed by atoms with van der Waals surface area (Å²) in [5, 5.41) is 10.3. The molecule has 2 aromatic rings. The van der Waals surface area contributed by atoms with Crippen LogP contribution in [0.4, 0.5) is 14.9 Å². The third-order valence-electron chi connectivity index (χ3n) is 3.62. The Morgan fingerprint density at radius 3 is 2.50 bits per heavy atom. The quantitative estimate of drug-likeness (QED) is 0.430. The Morgan fingerprint density at radius 2 is 1.88 bits per heavy atom. The number of rotatable bonds is 4. The number of nitro benzene ring substituents is 1. The van der Waals surface area contributed by atoms with E-state index in [1.807, 2.05) is 0 Å². The molecule has 1 aliphatic heterocycles. The zero-order valence-corrected chi connectivity index (χ0v) is 14.6. The van der Waals surface area contributed by atoms with Crippen molar-refractivity contribution in [2.24, 2.45) is 0 Å². The van der Waals surface area contributed by atoms with Crippen molar-refractivity contribution in [3.63, 3.8) is 0 Å². The van der Waals surface area contributed by atoms with Gasteiger partial charge in [0.05, 0.1) is 16.4 Å². The second-order valence-electron chi connectivity index (χ2n) is 5.35. The monoisotopic (exact) mass is 392 g/mol. The van der Waals surface area contributed by atoms with Crippen molar-refractivity contribution in [2.45, 2.75) is 6.54 Å². The SMILES string of the molecule is O=C1S/C(=C\c2ccc([N+](=O)[O-])cc2)C(=O)N1Cc1ccc(F)cc1Cl. The van der Waals surface area contributed by atoms with Crippen LogP contribution in [0.3, 0.4) is 0 Å². The van der Waals surface area contributed by atoms with Crippen molar-refractivity contribution < 1.29 is 18.9 Å². The predicted molar refractivity (Wildman–Crippen MR) is 96.0 cm³/mol. The van der Waals surface area contributed by atoms with Gasteiger partial charge in [-0.3, -0.25) is 24.6 Å². The standard InChI is InChI=1S/C17H10ClFN2O4S/c18-14-8-12(19)4-3-11(14)9-20-16(22)15(26-17(20)23)7-10-1-5-13(6-2-10)21(24)25/h1-8H,9H2/b15-7-. The number of carbonyl (C=O) groups is 2. The average Bonchev–Trinajstić information content (AvgIpc) is 2.85. The van der Waals surface area contributed by atoms with Gasteiger partial charge in [-0.05, 0) is 53.2 Å². The lowest BCUT2D eigenvalue weighted by Gasteiger charge is -2.13. The van der Waals surface area contributed by atoms with Crippen LogP contribution in [-0.4, -0.2) is 21.0 Å². The van der Waals surface area contributed by atoms with E-state index >= 15 is 0 Å². The van der Waals surface area contributed by atoms with Crippen molar-refractivity contribution in [1.82, 2.24) is 4.90 Å². The van der Waals surface area contributed by atoms with Crippen LogP contribution in [0.5, 0.6) is 0 Å². The largest absolute Gasteiger partial charge is 0.293 e. The van der Waals surface area contributed by atoms with Gasteiger partial charge in [0.2, 0.25) is 0 Å². The first-order valence-electron chi connectivity index (χ1n) is 7.29. The highest BCUT2D eigenvalue weighted by atomic mass is 35.5. The van der Waals surface area contributed by atoms with E-state index < -0.39 is 21.9 Å². The molecule has 1 fully saturated rings. The molecular weight excluding hydrogens is 383 g/mol. The first-order chi connectivity index (χ1) is 12.3. The van der Waals surface area contributed by atoms with E-state index in [1.165, 1.54) is 42.5 Å². The number of non-ortho nitro benzene ring substituents is 1. The van der Waals surface area contributed by atoms with Crippen LogP contribution in [0.1, 0.15) is 11.1 Å². The molecule has 0 unspecified atom stereocenters. The Hall–Kier alpha value is -2.71. The van der Waals surface area contributed by atoms with Gasteiger partial charge in [0.1, 0.15) is 5.82 Å². The zero-order valence-electron chi connectivity index (χ0n) is 13.0. The molecule has 1 saturated heterocycles. The Bertz CT molecular complexity index is 946. The molecular formula is C17H10ClFN2O4S. The number of hydrogen-bond donors (Lipinski definition) is 0. The second-order valence-corrected chi connectivity index (χ2v) is 6.75. The molecule has 3 rings (SSSR count). The highest BCUT2D eigenvalue weighted by molar-refractivity contribution is 8.18. The van der Waals surface area contributed by atoms with Crippen molar-refractivity contribution in [3.05, 3.63) is 79.5 Å². The Kier molecular flexibility index (Phi) is 5.06. The van der Waals surface area contributed by atoms with Crippen molar-refractivity contribution in [3.8, 4) is 0 Å². The van der Waals surface area contributed by atoms with Gasteiger partial charge in [0, 0.05) is 17.2 Å². The normalized spacial score (nSPS) is 15.8. The lowest BCUT2D eigenvalue weighted by atomic mass is 10.2. The summed E-state index contributed by atoms with van der Waals surface area (Å²) in [6.07, 6.45) is 1.49. The Labute approximate surface area is 156 Å². The molecule has 2 amide bonds. The van der Waals surface area contributed by atoms with Crippen molar-refractivity contribution >= 4 is 46.3 Å². The van der Waals surface area contributed by atoms with E-state index in [4.69, 9.17) is 11.6 Å². The van der Waals surface area contributed by atoms with E-state index in [-0.39, 0.29) is 22.2 Å². The minimum Gasteiger partial charge on any atom is -0.268 e. The number of halogens is 2. The van der Waals surface area contributed by atoms with Crippen LogP contribution in [0.25, 0.3) is 6.08 Å². The number of thioether (sulfide) groups is 1. The highest BCUT2D eigenvalue weighted by Crippen LogP contribution is 2.34. The number of amides is 2. The zero-order chi connectivity index (χ0) is 18.8. The van der Waals surface area contributed by atoms with Gasteiger partial charge < -0.3 is 0 Å². The maximum Gasteiger partial charge on any atom is 0.293 e. The predicted octanol–water partition coefficient (Wildman–Crippen LogP) is 4.62. The summed E-state index contributed by atoms with van der Waals surface area (Å²) in [5.41, 5.74) is 0.939. The number of hydrogen-bond acceptors (Lipinski definition) is 5. The molecule has 0 N–H and O–H groups in total. The van der Waals surface area contributed by atoms with Crippen LogP contribution in [0, 0.1) is 15.9 Å². The maximum absolute atomic E-state index is 13.1. The number of benzene rings is 2. The molecule has 9 heteroatoms. The second kappa shape index (κ2) is 7.27. The van der Waals surface area contributed by atoms with Gasteiger partial charge in [-0.25, -0.2) is 4.39 Å². The average molecular weight is 393 g/mol. The van der Waals surface area contributed by atoms with Gasteiger partial charge in [-0.1, -0.05) is 17.7 Å². The van der Waals surface area contributed by atoms with Gasteiger partial charge in [0.25, 0.3) is 16.8 Å². The smallest absolute Gasteiger partial charge is 0.268 e. The molecule has 6 nitrogen and oxygen atoms in total. The van der Waals surface area contributed by atoms with Crippen LogP contribution in [0.15, 0.2) is 47.4 Å². The van der Waals surface area contributed by atoms with E-state index in [1.54, 1.807) is 0 Å². The molecule has 0 aromatic heterocycles. The van der Waals surface area contributed by atoms with E-state index in [9.17, 15) is 24.1 Å². The minimum atomic E-state index is -0.524. The first kappa shape index (κ1) is 18.1. The van der Waals surface area contributed by atoms with Crippen molar-refractivity contribution in [1.29, 1.82) is 0 Å². The Morgan fingerprint density at radius 1 is 1.19 bits per heavy atom. The molecule has 132 valence electrons. The number of nitrogens with zero attached hydrogens (tertiary/aromatic N) is 2. The summed E-state index contributed by atoms with van der Waals surface area (Å²) in [4.78, 5) is 36.0. The maximum atomic E-state index is 13.1. The fourth-order valence-electron chi connectivity index (χ4n) is 2.30. The lowest BCUT2D eigenvalue weighted by molar-refractivity contribution is -0.384. The molecule has 0 bridgehead atoms. The van der Waals surface area contributed by atoms with E-state index in [0.717, 1.165) is 22.7 Å². The summed E-state index contributed by atoms with van der Waals surface area (Å²) < 4.78 is 13.1. The lowest BCUT2D eigenvalue weighted by Crippen LogP contribution is -2.27. The highest BCUT2D eigenvalue weighted by Gasteiger charge is 2.35. The van der Waals surface area contributed by atoms with Crippen LogP contribution in [-0.2, 0) is 11.3 Å². The third kappa shape index (κ3) is 3.76. The molecule has 0 spiro atoms. The van der Waals surface area contributed by atoms with Gasteiger partial charge >= 0.3 is 0 Å². The third-order valence-corrected chi connectivity index (χ3v) is 4.88. The molecule has 0 atom stereocenters. The van der Waals surface area contributed by atoms with Gasteiger partial charge in [-0.2, -0.15) is 0 Å². The first-order valence-corrected chi connectivity index (χ1v) is 8.48. The van der Waals surface area contributed by atoms with E-state index in [0.29, 0.717) is 11.1 Å². The molecule has 2 aromatic carbocycles. The number of nitro groups is 1. The Balaban J connectivity index is 1.80. The van der Waals surface area contributed by atoms with Gasteiger partial charge in [0.15, 0.2) is 0 Å². The number of carbonyl (C=O) groups excluding carboxylic acids is 2. The molecule has 1 heterocycles. The van der Waals surface area contributed by atoms with Crippen LogP contribution >= 0.6 is 23.4 Å². The number of imide groups is 1. The topological polar surface area (TPSA) is 80.5 Å². The summed E-state index contributed by atoms with van der Waals surface area (Å²) in [6.45, 7) is -0.0681. The molecule has 0 saturated carbocycles. The van der Waals surface area contributed by atoms with Crippen LogP contribution < -0.4 is 0 Å². The molecule has 26 heavy (non-hydrogen) atoms. The summed E-state index contributed by atoms with van der Waals surface area (Å²) in [6, 6.07) is 9.34. The minimum absolute atomic E-state index is 0.0681. The molecule has 1 aliphatic rings. The van der Waals surface area contributed by atoms with Crippen LogP contribution in [0.2, 0.25) is 5.02 Å². The van der Waals surface area contributed by atoms with E-state index in [2.05, 4.69) is 0 Å². The summed E-state index contributed by atoms with van der Waals surface area (Å²) in [7, 11) is 0. The molecule has 0 aliphatic carbocycles. The molecule has 0 radical (unpaired) electrons. The van der Waals surface area contributed by atoms with Crippen molar-refractivity contribution in [2.75, 3.05) is 0 Å². The summed E-state index contributed by atoms with van der Waals surface area (Å²) >= 11 is 6.71. The summed E-state index contributed by atoms with van der Waals surface area (Å²) in [5.74, 6) is -1.01.